The fourth-order valence-electron chi connectivity index (χ4n) is 1.30. The lowest BCUT2D eigenvalue weighted by molar-refractivity contribution is 0.0510. The lowest BCUT2D eigenvalue weighted by Crippen LogP contribution is -2.12. The molecule has 0 spiro atoms. The Hall–Kier alpha value is -0.160. The molecule has 0 aliphatic rings. The molecule has 112 valence electrons. The van der Waals surface area contributed by atoms with Gasteiger partial charge in [-0.15, -0.1) is 0 Å². The lowest BCUT2D eigenvalue weighted by Gasteiger charge is -2.02. The third-order valence-electron chi connectivity index (χ3n) is 2.29. The maximum absolute atomic E-state index is 5.31. The highest BCUT2D eigenvalue weighted by molar-refractivity contribution is 4.41. The van der Waals surface area contributed by atoms with Crippen LogP contribution in [-0.4, -0.2) is 39.5 Å². The SMILES string of the molecule is CCCCCCCN.CCCOCCOCCN. The molecule has 0 aromatic carbocycles. The van der Waals surface area contributed by atoms with Crippen LogP contribution in [0.3, 0.4) is 0 Å². The number of rotatable bonds is 12. The number of ether oxygens (including phenoxy) is 2. The first-order valence-electron chi connectivity index (χ1n) is 7.39. The van der Waals surface area contributed by atoms with Crippen molar-refractivity contribution < 1.29 is 9.47 Å². The second-order valence-electron chi connectivity index (χ2n) is 4.22. The van der Waals surface area contributed by atoms with E-state index in [-0.39, 0.29) is 0 Å². The van der Waals surface area contributed by atoms with Gasteiger partial charge in [-0.1, -0.05) is 39.5 Å². The Kier molecular flexibility index (Phi) is 24.7. The Morgan fingerprint density at radius 3 is 1.72 bits per heavy atom. The lowest BCUT2D eigenvalue weighted by atomic mass is 10.2. The van der Waals surface area contributed by atoms with Gasteiger partial charge < -0.3 is 20.9 Å². The zero-order valence-corrected chi connectivity index (χ0v) is 12.5. The second kappa shape index (κ2) is 22.1. The molecule has 0 rings (SSSR count). The molecule has 0 amide bonds. The van der Waals surface area contributed by atoms with Crippen LogP contribution in [0.4, 0.5) is 0 Å². The Balaban J connectivity index is 0. The summed E-state index contributed by atoms with van der Waals surface area (Å²) in [6, 6.07) is 0. The molecule has 4 heteroatoms. The maximum atomic E-state index is 5.31. The quantitative estimate of drug-likeness (QED) is 0.529. The van der Waals surface area contributed by atoms with Gasteiger partial charge in [0.1, 0.15) is 0 Å². The Morgan fingerprint density at radius 1 is 0.611 bits per heavy atom. The topological polar surface area (TPSA) is 70.5 Å². The standard InChI is InChI=1S/C7H17NO2.C7H17N/c1-2-4-9-6-7-10-5-3-8;1-2-3-4-5-6-7-8/h2-8H2,1H3;2-8H2,1H3. The summed E-state index contributed by atoms with van der Waals surface area (Å²) in [6.07, 6.45) is 7.67. The summed E-state index contributed by atoms with van der Waals surface area (Å²) in [4.78, 5) is 0. The van der Waals surface area contributed by atoms with E-state index in [1.54, 1.807) is 0 Å². The first-order valence-corrected chi connectivity index (χ1v) is 7.39. The van der Waals surface area contributed by atoms with Crippen LogP contribution in [0.25, 0.3) is 0 Å². The van der Waals surface area contributed by atoms with Crippen molar-refractivity contribution in [3.63, 3.8) is 0 Å². The van der Waals surface area contributed by atoms with E-state index in [9.17, 15) is 0 Å². The molecule has 4 N–H and O–H groups in total. The summed E-state index contributed by atoms with van der Waals surface area (Å²) in [7, 11) is 0. The number of nitrogens with two attached hydrogens (primary N) is 2. The fraction of sp³-hybridized carbons (Fsp3) is 1.00. The summed E-state index contributed by atoms with van der Waals surface area (Å²) < 4.78 is 10.2. The predicted octanol–water partition coefficient (Wildman–Crippen LogP) is 2.30. The van der Waals surface area contributed by atoms with E-state index in [4.69, 9.17) is 20.9 Å². The largest absolute Gasteiger partial charge is 0.379 e. The van der Waals surface area contributed by atoms with Gasteiger partial charge in [-0.3, -0.25) is 0 Å². The predicted molar refractivity (Wildman–Crippen MR) is 78.8 cm³/mol. The smallest absolute Gasteiger partial charge is 0.0701 e. The van der Waals surface area contributed by atoms with Crippen molar-refractivity contribution in [3.8, 4) is 0 Å². The minimum absolute atomic E-state index is 0.591. The van der Waals surface area contributed by atoms with E-state index in [0.717, 1.165) is 19.6 Å². The molecule has 0 aromatic heterocycles. The molecule has 0 saturated heterocycles. The minimum Gasteiger partial charge on any atom is -0.379 e. The highest BCUT2D eigenvalue weighted by Crippen LogP contribution is 2.00. The number of hydrogen-bond donors (Lipinski definition) is 2. The summed E-state index contributed by atoms with van der Waals surface area (Å²) in [6.45, 7) is 8.58. The molecular weight excluding hydrogens is 228 g/mol. The van der Waals surface area contributed by atoms with Crippen LogP contribution in [-0.2, 0) is 9.47 Å². The molecule has 0 atom stereocenters. The molecule has 0 aromatic rings. The van der Waals surface area contributed by atoms with E-state index in [2.05, 4.69) is 13.8 Å². The van der Waals surface area contributed by atoms with Crippen molar-refractivity contribution in [2.45, 2.75) is 52.4 Å². The number of hydrogen-bond acceptors (Lipinski definition) is 4. The molecule has 18 heavy (non-hydrogen) atoms. The first-order chi connectivity index (χ1) is 8.83. The van der Waals surface area contributed by atoms with Crippen LogP contribution in [0.5, 0.6) is 0 Å². The van der Waals surface area contributed by atoms with E-state index >= 15 is 0 Å². The molecule has 0 aliphatic carbocycles. The van der Waals surface area contributed by atoms with E-state index < -0.39 is 0 Å². The van der Waals surface area contributed by atoms with Crippen LogP contribution in [0, 0.1) is 0 Å². The van der Waals surface area contributed by atoms with Crippen molar-refractivity contribution in [3.05, 3.63) is 0 Å². The Labute approximate surface area is 113 Å². The van der Waals surface area contributed by atoms with Crippen molar-refractivity contribution in [2.24, 2.45) is 11.5 Å². The summed E-state index contributed by atoms with van der Waals surface area (Å²) in [5, 5.41) is 0. The van der Waals surface area contributed by atoms with Gasteiger partial charge in [0.25, 0.3) is 0 Å². The van der Waals surface area contributed by atoms with E-state index in [1.807, 2.05) is 0 Å². The van der Waals surface area contributed by atoms with Crippen LogP contribution >= 0.6 is 0 Å². The van der Waals surface area contributed by atoms with Crippen LogP contribution in [0.1, 0.15) is 52.4 Å². The fourth-order valence-corrected chi connectivity index (χ4v) is 1.30. The monoisotopic (exact) mass is 262 g/mol. The molecular formula is C14H34N2O2. The molecule has 4 nitrogen and oxygen atoms in total. The average molecular weight is 262 g/mol. The molecule has 0 saturated carbocycles. The zero-order chi connectivity index (χ0) is 13.9. The van der Waals surface area contributed by atoms with Gasteiger partial charge in [-0.05, 0) is 19.4 Å². The van der Waals surface area contributed by atoms with Crippen molar-refractivity contribution in [1.29, 1.82) is 0 Å². The zero-order valence-electron chi connectivity index (χ0n) is 12.5. The minimum atomic E-state index is 0.591. The van der Waals surface area contributed by atoms with Gasteiger partial charge in [0, 0.05) is 13.2 Å². The Morgan fingerprint density at radius 2 is 1.22 bits per heavy atom. The molecule has 0 bridgehead atoms. The third kappa shape index (κ3) is 24.9. The second-order valence-corrected chi connectivity index (χ2v) is 4.22. The highest BCUT2D eigenvalue weighted by atomic mass is 16.5. The van der Waals surface area contributed by atoms with Crippen LogP contribution in [0.15, 0.2) is 0 Å². The normalized spacial score (nSPS) is 10.0. The van der Waals surface area contributed by atoms with Gasteiger partial charge in [0.05, 0.1) is 19.8 Å². The van der Waals surface area contributed by atoms with Gasteiger partial charge in [-0.25, -0.2) is 0 Å². The molecule has 0 radical (unpaired) electrons. The van der Waals surface area contributed by atoms with Crippen LogP contribution in [0.2, 0.25) is 0 Å². The molecule has 0 heterocycles. The first kappa shape index (κ1) is 20.2. The highest BCUT2D eigenvalue weighted by Gasteiger charge is 1.86. The van der Waals surface area contributed by atoms with Gasteiger partial charge in [0.15, 0.2) is 0 Å². The summed E-state index contributed by atoms with van der Waals surface area (Å²) in [5.74, 6) is 0. The summed E-state index contributed by atoms with van der Waals surface area (Å²) >= 11 is 0. The van der Waals surface area contributed by atoms with E-state index in [1.165, 1.54) is 32.1 Å². The van der Waals surface area contributed by atoms with Gasteiger partial charge in [0.2, 0.25) is 0 Å². The maximum Gasteiger partial charge on any atom is 0.0701 e. The van der Waals surface area contributed by atoms with Crippen molar-refractivity contribution in [1.82, 2.24) is 0 Å². The van der Waals surface area contributed by atoms with Gasteiger partial charge in [-0.2, -0.15) is 0 Å². The summed E-state index contributed by atoms with van der Waals surface area (Å²) in [5.41, 5.74) is 10.5. The van der Waals surface area contributed by atoms with Crippen LogP contribution < -0.4 is 11.5 Å². The van der Waals surface area contributed by atoms with Crippen molar-refractivity contribution >= 4 is 0 Å². The van der Waals surface area contributed by atoms with E-state index in [0.29, 0.717) is 26.4 Å². The third-order valence-corrected chi connectivity index (χ3v) is 2.29. The average Bonchev–Trinajstić information content (AvgIpc) is 2.40. The Bertz CT molecular complexity index is 110. The van der Waals surface area contributed by atoms with Crippen molar-refractivity contribution in [2.75, 3.05) is 39.5 Å². The molecule has 0 unspecified atom stereocenters. The molecule has 0 aliphatic heterocycles. The molecule has 0 fully saturated rings. The van der Waals surface area contributed by atoms with Gasteiger partial charge >= 0.3 is 0 Å². The number of unbranched alkanes of at least 4 members (excludes halogenated alkanes) is 4.